The summed E-state index contributed by atoms with van der Waals surface area (Å²) in [6.45, 7) is 7.22. The highest BCUT2D eigenvalue weighted by molar-refractivity contribution is 6.07. The van der Waals surface area contributed by atoms with E-state index in [1.54, 1.807) is 23.1 Å². The number of para-hydroxylation sites is 2. The first-order valence-corrected chi connectivity index (χ1v) is 10.1. The van der Waals surface area contributed by atoms with Crippen LogP contribution in [0.3, 0.4) is 0 Å². The van der Waals surface area contributed by atoms with E-state index < -0.39 is 6.10 Å². The lowest BCUT2D eigenvalue weighted by Gasteiger charge is -2.34. The van der Waals surface area contributed by atoms with Crippen molar-refractivity contribution in [2.45, 2.75) is 46.0 Å². The average molecular weight is 396 g/mol. The van der Waals surface area contributed by atoms with Gasteiger partial charge in [0.2, 0.25) is 0 Å². The summed E-state index contributed by atoms with van der Waals surface area (Å²) in [5.41, 5.74) is 2.24. The third-order valence-electron chi connectivity index (χ3n) is 4.64. The van der Waals surface area contributed by atoms with Gasteiger partial charge in [-0.1, -0.05) is 31.2 Å². The van der Waals surface area contributed by atoms with Crippen LogP contribution in [-0.4, -0.2) is 37.1 Å². The smallest absolute Gasteiger partial charge is 0.262 e. The molecule has 0 saturated carbocycles. The number of hydrogen-bond donors (Lipinski definition) is 1. The first kappa shape index (κ1) is 20.9. The van der Waals surface area contributed by atoms with E-state index in [4.69, 9.17) is 9.47 Å². The lowest BCUT2D eigenvalue weighted by Crippen LogP contribution is -2.50. The molecule has 6 heteroatoms. The molecule has 0 fully saturated rings. The molecule has 0 bridgehead atoms. The van der Waals surface area contributed by atoms with Crippen LogP contribution in [0.2, 0.25) is 0 Å². The maximum Gasteiger partial charge on any atom is 0.262 e. The molecule has 0 saturated heterocycles. The van der Waals surface area contributed by atoms with Crippen LogP contribution in [0, 0.1) is 0 Å². The molecular weight excluding hydrogens is 368 g/mol. The van der Waals surface area contributed by atoms with Crippen LogP contribution in [0.1, 0.15) is 43.1 Å². The lowest BCUT2D eigenvalue weighted by molar-refractivity contribution is -0.127. The molecule has 0 unspecified atom stereocenters. The minimum Gasteiger partial charge on any atom is -0.477 e. The Labute approximate surface area is 171 Å². The highest BCUT2D eigenvalue weighted by Crippen LogP contribution is 2.34. The molecule has 0 radical (unpaired) electrons. The minimum absolute atomic E-state index is 0.150. The Morgan fingerprint density at radius 3 is 2.59 bits per heavy atom. The number of amides is 2. The summed E-state index contributed by atoms with van der Waals surface area (Å²) in [6.07, 6.45) is 0.251. The van der Waals surface area contributed by atoms with E-state index in [9.17, 15) is 9.59 Å². The van der Waals surface area contributed by atoms with Crippen LogP contribution in [0.15, 0.2) is 48.5 Å². The molecule has 0 aromatic heterocycles. The highest BCUT2D eigenvalue weighted by Gasteiger charge is 2.34. The van der Waals surface area contributed by atoms with E-state index in [0.717, 1.165) is 12.0 Å². The van der Waals surface area contributed by atoms with Crippen molar-refractivity contribution in [1.29, 1.82) is 0 Å². The number of hydrogen-bond acceptors (Lipinski definition) is 4. The average Bonchev–Trinajstić information content (AvgIpc) is 2.75. The Morgan fingerprint density at radius 2 is 1.90 bits per heavy atom. The summed E-state index contributed by atoms with van der Waals surface area (Å²) in [5.74, 6) is 0.163. The van der Waals surface area contributed by atoms with Crippen molar-refractivity contribution < 1.29 is 19.1 Å². The Kier molecular flexibility index (Phi) is 6.88. The number of fused-ring (bicyclic) bond motifs is 1. The van der Waals surface area contributed by atoms with Crippen LogP contribution >= 0.6 is 0 Å². The molecule has 1 atom stereocenters. The first-order chi connectivity index (χ1) is 14.0. The van der Waals surface area contributed by atoms with Gasteiger partial charge < -0.3 is 19.7 Å². The number of carbonyl (C=O) groups excluding carboxylic acids is 2. The van der Waals surface area contributed by atoms with Crippen molar-refractivity contribution in [3.05, 3.63) is 59.7 Å². The number of nitrogens with zero attached hydrogens (tertiary/aromatic N) is 1. The molecule has 2 aromatic carbocycles. The molecule has 154 valence electrons. The van der Waals surface area contributed by atoms with E-state index in [2.05, 4.69) is 5.32 Å². The van der Waals surface area contributed by atoms with Gasteiger partial charge >= 0.3 is 0 Å². The van der Waals surface area contributed by atoms with Gasteiger partial charge in [0, 0.05) is 12.1 Å². The molecular formula is C23H28N2O4. The summed E-state index contributed by atoms with van der Waals surface area (Å²) in [5, 5.41) is 2.85. The van der Waals surface area contributed by atoms with Gasteiger partial charge in [0.05, 0.1) is 24.9 Å². The van der Waals surface area contributed by atoms with Gasteiger partial charge in [0.15, 0.2) is 6.10 Å². The molecule has 1 N–H and O–H groups in total. The quantitative estimate of drug-likeness (QED) is 0.777. The van der Waals surface area contributed by atoms with Gasteiger partial charge in [-0.2, -0.15) is 0 Å². The number of benzene rings is 2. The predicted octanol–water partition coefficient (Wildman–Crippen LogP) is 3.55. The first-order valence-electron chi connectivity index (χ1n) is 10.1. The number of rotatable bonds is 7. The van der Waals surface area contributed by atoms with Gasteiger partial charge in [-0.25, -0.2) is 0 Å². The maximum absolute atomic E-state index is 13.2. The molecule has 1 aliphatic heterocycles. The maximum atomic E-state index is 13.2. The predicted molar refractivity (Wildman–Crippen MR) is 112 cm³/mol. The molecule has 1 aliphatic rings. The third-order valence-corrected chi connectivity index (χ3v) is 4.64. The van der Waals surface area contributed by atoms with Gasteiger partial charge in [-0.15, -0.1) is 0 Å². The van der Waals surface area contributed by atoms with Crippen LogP contribution in [0.4, 0.5) is 5.69 Å². The normalized spacial score (nSPS) is 15.6. The van der Waals surface area contributed by atoms with Crippen molar-refractivity contribution >= 4 is 17.5 Å². The second-order valence-corrected chi connectivity index (χ2v) is 7.34. The standard InChI is InChI=1S/C23H28N2O4/c1-4-13-24-22(26)21-14-25(19-7-5-6-8-20(19)29-21)23(27)18-11-9-17(10-12-18)15-28-16(2)3/h5-12,16,21H,4,13-15H2,1-3H3,(H,24,26)/t21-/m0/s1. The van der Waals surface area contributed by atoms with Crippen molar-refractivity contribution in [1.82, 2.24) is 5.32 Å². The second kappa shape index (κ2) is 9.56. The van der Waals surface area contributed by atoms with Crippen molar-refractivity contribution in [3.8, 4) is 5.75 Å². The lowest BCUT2D eigenvalue weighted by atomic mass is 10.1. The zero-order valence-electron chi connectivity index (χ0n) is 17.2. The molecule has 0 aliphatic carbocycles. The van der Waals surface area contributed by atoms with Gasteiger partial charge in [0.25, 0.3) is 11.8 Å². The zero-order chi connectivity index (χ0) is 20.8. The van der Waals surface area contributed by atoms with Crippen LogP contribution in [-0.2, 0) is 16.1 Å². The van der Waals surface area contributed by atoms with E-state index in [1.165, 1.54) is 0 Å². The molecule has 2 amide bonds. The Morgan fingerprint density at radius 1 is 1.17 bits per heavy atom. The van der Waals surface area contributed by atoms with Gasteiger partial charge in [-0.05, 0) is 50.1 Å². The van der Waals surface area contributed by atoms with Gasteiger partial charge in [-0.3, -0.25) is 9.59 Å². The Bertz CT molecular complexity index is 848. The van der Waals surface area contributed by atoms with Crippen molar-refractivity contribution in [2.75, 3.05) is 18.0 Å². The topological polar surface area (TPSA) is 67.9 Å². The Hall–Kier alpha value is -2.86. The Balaban J connectivity index is 1.80. The van der Waals surface area contributed by atoms with Gasteiger partial charge in [0.1, 0.15) is 5.75 Å². The fourth-order valence-corrected chi connectivity index (χ4v) is 3.09. The number of ether oxygens (including phenoxy) is 2. The monoisotopic (exact) mass is 396 g/mol. The minimum atomic E-state index is -0.737. The zero-order valence-corrected chi connectivity index (χ0v) is 17.2. The summed E-state index contributed by atoms with van der Waals surface area (Å²) in [6, 6.07) is 14.7. The largest absolute Gasteiger partial charge is 0.477 e. The fraction of sp³-hybridized carbons (Fsp3) is 0.391. The second-order valence-electron chi connectivity index (χ2n) is 7.34. The van der Waals surface area contributed by atoms with Crippen LogP contribution in [0.5, 0.6) is 5.75 Å². The third kappa shape index (κ3) is 5.15. The van der Waals surface area contributed by atoms with E-state index in [-0.39, 0.29) is 24.5 Å². The molecule has 1 heterocycles. The molecule has 29 heavy (non-hydrogen) atoms. The highest BCUT2D eigenvalue weighted by atomic mass is 16.5. The molecule has 2 aromatic rings. The molecule has 3 rings (SSSR count). The van der Waals surface area contributed by atoms with E-state index >= 15 is 0 Å². The van der Waals surface area contributed by atoms with E-state index in [1.807, 2.05) is 51.1 Å². The molecule has 6 nitrogen and oxygen atoms in total. The van der Waals surface area contributed by atoms with Crippen LogP contribution in [0.25, 0.3) is 0 Å². The van der Waals surface area contributed by atoms with Crippen LogP contribution < -0.4 is 15.0 Å². The summed E-state index contributed by atoms with van der Waals surface area (Å²) in [7, 11) is 0. The van der Waals surface area contributed by atoms with Crippen molar-refractivity contribution in [3.63, 3.8) is 0 Å². The SMILES string of the molecule is CCCNC(=O)[C@@H]1CN(C(=O)c2ccc(COC(C)C)cc2)c2ccccc2O1. The molecule has 0 spiro atoms. The van der Waals surface area contributed by atoms with E-state index in [0.29, 0.717) is 30.2 Å². The summed E-state index contributed by atoms with van der Waals surface area (Å²) >= 11 is 0. The fourth-order valence-electron chi connectivity index (χ4n) is 3.09. The summed E-state index contributed by atoms with van der Waals surface area (Å²) < 4.78 is 11.5. The number of anilines is 1. The summed E-state index contributed by atoms with van der Waals surface area (Å²) in [4.78, 5) is 27.3. The number of carbonyl (C=O) groups is 2. The van der Waals surface area contributed by atoms with Crippen molar-refractivity contribution in [2.24, 2.45) is 0 Å². The number of nitrogens with one attached hydrogen (secondary N) is 1.